The predicted molar refractivity (Wildman–Crippen MR) is 69.5 cm³/mol. The molecule has 0 amide bonds. The Labute approximate surface area is 108 Å². The topological polar surface area (TPSA) is 63.6 Å². The van der Waals surface area contributed by atoms with Crippen molar-refractivity contribution in [2.24, 2.45) is 5.41 Å². The zero-order valence-corrected chi connectivity index (χ0v) is 11.3. The van der Waals surface area contributed by atoms with Crippen molar-refractivity contribution in [1.29, 1.82) is 0 Å². The number of carbonyl (C=O) groups excluding carboxylic acids is 1. The zero-order valence-electron chi connectivity index (χ0n) is 11.3. The molecule has 18 heavy (non-hydrogen) atoms. The molecule has 0 aliphatic rings. The molecule has 0 bridgehead atoms. The van der Waals surface area contributed by atoms with E-state index in [0.717, 1.165) is 0 Å². The third-order valence-electron chi connectivity index (χ3n) is 1.88. The SMILES string of the molecule is CC(C)(C)CC(=O)O.COC(=O)c1ccccc1. The van der Waals surface area contributed by atoms with Crippen LogP contribution in [0, 0.1) is 5.41 Å². The maximum Gasteiger partial charge on any atom is 0.337 e. The van der Waals surface area contributed by atoms with Crippen molar-refractivity contribution in [3.8, 4) is 0 Å². The molecule has 0 saturated carbocycles. The highest BCUT2D eigenvalue weighted by Crippen LogP contribution is 2.17. The average molecular weight is 252 g/mol. The molecule has 0 unspecified atom stereocenters. The number of methoxy groups -OCH3 is 1. The Kier molecular flexibility index (Phi) is 6.71. The molecule has 0 aromatic heterocycles. The lowest BCUT2D eigenvalue weighted by atomic mass is 9.93. The van der Waals surface area contributed by atoms with Crippen LogP contribution in [0.3, 0.4) is 0 Å². The van der Waals surface area contributed by atoms with Gasteiger partial charge in [-0.2, -0.15) is 0 Å². The van der Waals surface area contributed by atoms with Crippen molar-refractivity contribution in [1.82, 2.24) is 0 Å². The van der Waals surface area contributed by atoms with Crippen LogP contribution in [0.5, 0.6) is 0 Å². The van der Waals surface area contributed by atoms with E-state index in [0.29, 0.717) is 5.56 Å². The number of rotatable bonds is 2. The van der Waals surface area contributed by atoms with Gasteiger partial charge in [-0.25, -0.2) is 4.79 Å². The number of aliphatic carboxylic acids is 1. The van der Waals surface area contributed by atoms with Crippen LogP contribution in [0.2, 0.25) is 0 Å². The molecule has 0 aliphatic heterocycles. The van der Waals surface area contributed by atoms with Crippen LogP contribution in [0.1, 0.15) is 37.6 Å². The van der Waals surface area contributed by atoms with E-state index < -0.39 is 5.97 Å². The first-order chi connectivity index (χ1) is 8.26. The standard InChI is InChI=1S/C8H8O2.C6H12O2/c1-10-8(9)7-5-3-2-4-6-7;1-6(2,3)4-5(7)8/h2-6H,1H3;4H2,1-3H3,(H,7,8). The number of ether oxygens (including phenoxy) is 1. The fourth-order valence-corrected chi connectivity index (χ4v) is 1.15. The highest BCUT2D eigenvalue weighted by molar-refractivity contribution is 5.89. The second-order valence-corrected chi connectivity index (χ2v) is 4.99. The molecule has 0 spiro atoms. The molecule has 0 atom stereocenters. The van der Waals surface area contributed by atoms with Gasteiger partial charge < -0.3 is 9.84 Å². The third-order valence-corrected chi connectivity index (χ3v) is 1.88. The smallest absolute Gasteiger partial charge is 0.337 e. The summed E-state index contributed by atoms with van der Waals surface area (Å²) in [7, 11) is 1.37. The number of esters is 1. The maximum atomic E-state index is 10.8. The van der Waals surface area contributed by atoms with Crippen LogP contribution in [0.15, 0.2) is 30.3 Å². The van der Waals surface area contributed by atoms with Crippen LogP contribution in [0.4, 0.5) is 0 Å². The number of benzene rings is 1. The first-order valence-corrected chi connectivity index (χ1v) is 5.61. The molecule has 1 aromatic rings. The Bertz CT molecular complexity index is 377. The Hall–Kier alpha value is -1.84. The molecule has 0 fully saturated rings. The van der Waals surface area contributed by atoms with E-state index in [2.05, 4.69) is 4.74 Å². The number of carboxylic acids is 1. The largest absolute Gasteiger partial charge is 0.481 e. The van der Waals surface area contributed by atoms with E-state index in [-0.39, 0.29) is 17.8 Å². The van der Waals surface area contributed by atoms with Gasteiger partial charge in [0.25, 0.3) is 0 Å². The van der Waals surface area contributed by atoms with Crippen LogP contribution < -0.4 is 0 Å². The molecule has 4 nitrogen and oxygen atoms in total. The molecule has 1 N–H and O–H groups in total. The molecule has 4 heteroatoms. The van der Waals surface area contributed by atoms with Crippen LogP contribution in [-0.4, -0.2) is 24.2 Å². The second-order valence-electron chi connectivity index (χ2n) is 4.99. The van der Waals surface area contributed by atoms with Gasteiger partial charge in [0.15, 0.2) is 0 Å². The van der Waals surface area contributed by atoms with Crippen LogP contribution in [0.25, 0.3) is 0 Å². The van der Waals surface area contributed by atoms with Gasteiger partial charge in [-0.05, 0) is 17.5 Å². The average Bonchev–Trinajstić information content (AvgIpc) is 2.26. The summed E-state index contributed by atoms with van der Waals surface area (Å²) in [5, 5.41) is 8.25. The summed E-state index contributed by atoms with van der Waals surface area (Å²) < 4.78 is 4.50. The van der Waals surface area contributed by atoms with Crippen molar-refractivity contribution < 1.29 is 19.4 Å². The Balaban J connectivity index is 0.000000331. The van der Waals surface area contributed by atoms with Crippen LogP contribution in [-0.2, 0) is 9.53 Å². The molecular formula is C14H20O4. The maximum absolute atomic E-state index is 10.8. The van der Waals surface area contributed by atoms with Gasteiger partial charge in [-0.3, -0.25) is 4.79 Å². The van der Waals surface area contributed by atoms with E-state index in [1.807, 2.05) is 26.8 Å². The molecule has 0 heterocycles. The monoisotopic (exact) mass is 252 g/mol. The fourth-order valence-electron chi connectivity index (χ4n) is 1.15. The Morgan fingerprint density at radius 1 is 1.17 bits per heavy atom. The second kappa shape index (κ2) is 7.48. The quantitative estimate of drug-likeness (QED) is 0.822. The summed E-state index contributed by atoms with van der Waals surface area (Å²) in [6, 6.07) is 8.88. The normalized spacial score (nSPS) is 10.0. The van der Waals surface area contributed by atoms with Gasteiger partial charge in [0.05, 0.1) is 19.1 Å². The molecular weight excluding hydrogens is 232 g/mol. The summed E-state index contributed by atoms with van der Waals surface area (Å²) in [6.45, 7) is 5.71. The summed E-state index contributed by atoms with van der Waals surface area (Å²) in [6.07, 6.45) is 0.243. The fraction of sp³-hybridized carbons (Fsp3) is 0.429. The van der Waals surface area contributed by atoms with E-state index in [9.17, 15) is 9.59 Å². The van der Waals surface area contributed by atoms with E-state index in [1.54, 1.807) is 24.3 Å². The van der Waals surface area contributed by atoms with E-state index in [1.165, 1.54) is 7.11 Å². The van der Waals surface area contributed by atoms with Gasteiger partial charge in [0.2, 0.25) is 0 Å². The molecule has 100 valence electrons. The number of hydrogen-bond donors (Lipinski definition) is 1. The highest BCUT2D eigenvalue weighted by Gasteiger charge is 2.13. The third kappa shape index (κ3) is 8.33. The molecule has 1 rings (SSSR count). The van der Waals surface area contributed by atoms with Crippen molar-refractivity contribution in [2.45, 2.75) is 27.2 Å². The molecule has 0 radical (unpaired) electrons. The molecule has 1 aromatic carbocycles. The minimum Gasteiger partial charge on any atom is -0.481 e. The number of carbonyl (C=O) groups is 2. The van der Waals surface area contributed by atoms with Crippen molar-refractivity contribution in [3.63, 3.8) is 0 Å². The van der Waals surface area contributed by atoms with E-state index in [4.69, 9.17) is 5.11 Å². The first-order valence-electron chi connectivity index (χ1n) is 5.61. The van der Waals surface area contributed by atoms with Gasteiger partial charge >= 0.3 is 11.9 Å². The highest BCUT2D eigenvalue weighted by atomic mass is 16.5. The Morgan fingerprint density at radius 2 is 1.67 bits per heavy atom. The number of carboxylic acid groups (broad SMARTS) is 1. The van der Waals surface area contributed by atoms with Gasteiger partial charge in [-0.1, -0.05) is 39.0 Å². The van der Waals surface area contributed by atoms with Crippen molar-refractivity contribution in [3.05, 3.63) is 35.9 Å². The zero-order chi connectivity index (χ0) is 14.2. The first kappa shape index (κ1) is 16.2. The lowest BCUT2D eigenvalue weighted by Gasteiger charge is -2.13. The summed E-state index contributed by atoms with van der Waals surface area (Å²) >= 11 is 0. The van der Waals surface area contributed by atoms with Crippen molar-refractivity contribution >= 4 is 11.9 Å². The lowest BCUT2D eigenvalue weighted by molar-refractivity contribution is -0.139. The van der Waals surface area contributed by atoms with Crippen molar-refractivity contribution in [2.75, 3.05) is 7.11 Å². The summed E-state index contributed by atoms with van der Waals surface area (Å²) in [5.41, 5.74) is 0.510. The summed E-state index contributed by atoms with van der Waals surface area (Å²) in [4.78, 5) is 20.8. The minimum atomic E-state index is -0.725. The molecule has 0 saturated heterocycles. The van der Waals surface area contributed by atoms with Gasteiger partial charge in [0.1, 0.15) is 0 Å². The number of hydrogen-bond acceptors (Lipinski definition) is 3. The summed E-state index contributed by atoms with van der Waals surface area (Å²) in [5.74, 6) is -1.02. The van der Waals surface area contributed by atoms with Gasteiger partial charge in [0, 0.05) is 0 Å². The van der Waals surface area contributed by atoms with Gasteiger partial charge in [-0.15, -0.1) is 0 Å². The van der Waals surface area contributed by atoms with E-state index >= 15 is 0 Å². The Morgan fingerprint density at radius 3 is 1.94 bits per heavy atom. The lowest BCUT2D eigenvalue weighted by Crippen LogP contribution is -2.11. The molecule has 0 aliphatic carbocycles. The predicted octanol–water partition coefficient (Wildman–Crippen LogP) is 2.98. The van der Waals surface area contributed by atoms with Crippen LogP contribution >= 0.6 is 0 Å². The minimum absolute atomic E-state index is 0.0775.